The van der Waals surface area contributed by atoms with Gasteiger partial charge in [0.2, 0.25) is 0 Å². The molecule has 1 heterocycles. The summed E-state index contributed by atoms with van der Waals surface area (Å²) >= 11 is 0. The summed E-state index contributed by atoms with van der Waals surface area (Å²) in [6.45, 7) is 4.13. The molecule has 1 atom stereocenters. The van der Waals surface area contributed by atoms with E-state index in [9.17, 15) is 4.39 Å². The first-order chi connectivity index (χ1) is 8.63. The van der Waals surface area contributed by atoms with Crippen molar-refractivity contribution in [2.75, 3.05) is 5.32 Å². The third-order valence-corrected chi connectivity index (χ3v) is 2.76. The van der Waals surface area contributed by atoms with Crippen molar-refractivity contribution in [1.29, 1.82) is 0 Å². The number of aromatic nitrogens is 1. The first kappa shape index (κ1) is 12.6. The van der Waals surface area contributed by atoms with Gasteiger partial charge in [-0.15, -0.1) is 0 Å². The number of aryl methyl sites for hydroxylation is 1. The van der Waals surface area contributed by atoms with Crippen LogP contribution in [0.15, 0.2) is 42.6 Å². The van der Waals surface area contributed by atoms with Crippen molar-refractivity contribution in [3.63, 3.8) is 0 Å². The van der Waals surface area contributed by atoms with Crippen LogP contribution in [0, 0.1) is 12.7 Å². The van der Waals surface area contributed by atoms with E-state index in [0.29, 0.717) is 0 Å². The van der Waals surface area contributed by atoms with E-state index in [-0.39, 0.29) is 11.9 Å². The van der Waals surface area contributed by atoms with E-state index >= 15 is 0 Å². The zero-order chi connectivity index (χ0) is 13.0. The molecule has 0 aliphatic heterocycles. The van der Waals surface area contributed by atoms with Gasteiger partial charge in [0.1, 0.15) is 11.6 Å². The van der Waals surface area contributed by atoms with Crippen molar-refractivity contribution in [3.8, 4) is 0 Å². The predicted molar refractivity (Wildman–Crippen MR) is 72.2 cm³/mol. The monoisotopic (exact) mass is 244 g/mol. The number of rotatable bonds is 4. The Bertz CT molecular complexity index is 508. The lowest BCUT2D eigenvalue weighted by molar-refractivity contribution is 0.626. The number of benzene rings is 1. The van der Waals surface area contributed by atoms with E-state index in [1.165, 1.54) is 17.7 Å². The summed E-state index contributed by atoms with van der Waals surface area (Å²) in [5.74, 6) is 0.685. The lowest BCUT2D eigenvalue weighted by Crippen LogP contribution is -2.18. The number of halogens is 1. The largest absolute Gasteiger partial charge is 0.367 e. The second-order valence-electron chi connectivity index (χ2n) is 4.59. The Balaban J connectivity index is 1.96. The zero-order valence-electron chi connectivity index (χ0n) is 10.7. The van der Waals surface area contributed by atoms with Crippen LogP contribution in [0.25, 0.3) is 0 Å². The van der Waals surface area contributed by atoms with Crippen LogP contribution in [0.5, 0.6) is 0 Å². The van der Waals surface area contributed by atoms with Crippen LogP contribution in [0.2, 0.25) is 0 Å². The van der Waals surface area contributed by atoms with Crippen molar-refractivity contribution in [3.05, 3.63) is 59.5 Å². The highest BCUT2D eigenvalue weighted by Gasteiger charge is 2.04. The number of nitrogens with zero attached hydrogens (tertiary/aromatic N) is 1. The maximum absolute atomic E-state index is 12.8. The first-order valence-electron chi connectivity index (χ1n) is 6.07. The summed E-state index contributed by atoms with van der Waals surface area (Å²) in [6.07, 6.45) is 2.64. The van der Waals surface area contributed by atoms with E-state index in [1.54, 1.807) is 6.20 Å². The highest BCUT2D eigenvalue weighted by Crippen LogP contribution is 2.11. The fourth-order valence-corrected chi connectivity index (χ4v) is 1.89. The molecule has 1 N–H and O–H groups in total. The quantitative estimate of drug-likeness (QED) is 0.889. The van der Waals surface area contributed by atoms with Crippen LogP contribution in [0.4, 0.5) is 10.2 Å². The van der Waals surface area contributed by atoms with Crippen LogP contribution >= 0.6 is 0 Å². The number of anilines is 1. The minimum absolute atomic E-state index is 0.195. The Labute approximate surface area is 107 Å². The molecule has 0 fully saturated rings. The van der Waals surface area contributed by atoms with Crippen molar-refractivity contribution in [2.24, 2.45) is 0 Å². The Morgan fingerprint density at radius 3 is 2.61 bits per heavy atom. The molecule has 2 nitrogen and oxygen atoms in total. The van der Waals surface area contributed by atoms with E-state index < -0.39 is 0 Å². The average molecular weight is 244 g/mol. The van der Waals surface area contributed by atoms with Crippen LogP contribution in [-0.4, -0.2) is 11.0 Å². The Morgan fingerprint density at radius 1 is 1.22 bits per heavy atom. The van der Waals surface area contributed by atoms with Gasteiger partial charge in [0.25, 0.3) is 0 Å². The fraction of sp³-hybridized carbons (Fsp3) is 0.267. The van der Waals surface area contributed by atoms with Gasteiger partial charge < -0.3 is 5.32 Å². The summed E-state index contributed by atoms with van der Waals surface area (Å²) in [5, 5.41) is 3.34. The third-order valence-electron chi connectivity index (χ3n) is 2.76. The molecular formula is C15H17FN2. The molecule has 1 aromatic heterocycles. The molecule has 3 heteroatoms. The Hall–Kier alpha value is -1.90. The number of hydrogen-bond acceptors (Lipinski definition) is 2. The topological polar surface area (TPSA) is 24.9 Å². The molecule has 0 spiro atoms. The van der Waals surface area contributed by atoms with Crippen LogP contribution in [-0.2, 0) is 6.42 Å². The molecule has 0 radical (unpaired) electrons. The van der Waals surface area contributed by atoms with Gasteiger partial charge in [-0.3, -0.25) is 0 Å². The molecule has 0 aliphatic rings. The molecule has 1 aromatic carbocycles. The van der Waals surface area contributed by atoms with Crippen LogP contribution in [0.3, 0.4) is 0 Å². The smallest absolute Gasteiger partial charge is 0.126 e. The summed E-state index contributed by atoms with van der Waals surface area (Å²) in [5.41, 5.74) is 2.30. The number of nitrogens with one attached hydrogen (secondary N) is 1. The molecule has 2 rings (SSSR count). The van der Waals surface area contributed by atoms with Gasteiger partial charge in [-0.1, -0.05) is 12.1 Å². The summed E-state index contributed by atoms with van der Waals surface area (Å²) < 4.78 is 12.8. The number of hydrogen-bond donors (Lipinski definition) is 1. The van der Waals surface area contributed by atoms with Crippen molar-refractivity contribution < 1.29 is 4.39 Å². The van der Waals surface area contributed by atoms with Crippen molar-refractivity contribution >= 4 is 5.82 Å². The minimum atomic E-state index is -0.195. The minimum Gasteiger partial charge on any atom is -0.367 e. The van der Waals surface area contributed by atoms with E-state index in [0.717, 1.165) is 17.8 Å². The first-order valence-corrected chi connectivity index (χ1v) is 6.07. The second-order valence-corrected chi connectivity index (χ2v) is 4.59. The predicted octanol–water partition coefficient (Wildman–Crippen LogP) is 3.57. The lowest BCUT2D eigenvalue weighted by Gasteiger charge is -2.14. The zero-order valence-corrected chi connectivity index (χ0v) is 10.7. The van der Waals surface area contributed by atoms with Gasteiger partial charge in [0.15, 0.2) is 0 Å². The third kappa shape index (κ3) is 3.55. The number of pyridine rings is 1. The van der Waals surface area contributed by atoms with E-state index in [2.05, 4.69) is 17.2 Å². The summed E-state index contributed by atoms with van der Waals surface area (Å²) in [4.78, 5) is 4.26. The molecule has 0 aliphatic carbocycles. The highest BCUT2D eigenvalue weighted by atomic mass is 19.1. The molecule has 94 valence electrons. The molecule has 0 amide bonds. The maximum atomic E-state index is 12.8. The van der Waals surface area contributed by atoms with Gasteiger partial charge in [-0.25, -0.2) is 9.37 Å². The second kappa shape index (κ2) is 5.63. The molecule has 2 aromatic rings. The van der Waals surface area contributed by atoms with Gasteiger partial charge >= 0.3 is 0 Å². The Kier molecular flexibility index (Phi) is 3.92. The fourth-order valence-electron chi connectivity index (χ4n) is 1.89. The van der Waals surface area contributed by atoms with Crippen molar-refractivity contribution in [2.45, 2.75) is 26.3 Å². The van der Waals surface area contributed by atoms with Crippen molar-refractivity contribution in [1.82, 2.24) is 4.98 Å². The van der Waals surface area contributed by atoms with E-state index in [1.807, 2.05) is 31.2 Å². The van der Waals surface area contributed by atoms with Crippen LogP contribution < -0.4 is 5.32 Å². The summed E-state index contributed by atoms with van der Waals surface area (Å²) in [7, 11) is 0. The van der Waals surface area contributed by atoms with Gasteiger partial charge in [0, 0.05) is 12.2 Å². The molecule has 1 unspecified atom stereocenters. The normalized spacial score (nSPS) is 12.2. The molecule has 0 saturated heterocycles. The van der Waals surface area contributed by atoms with E-state index in [4.69, 9.17) is 0 Å². The molecule has 18 heavy (non-hydrogen) atoms. The highest BCUT2D eigenvalue weighted by molar-refractivity contribution is 5.38. The lowest BCUT2D eigenvalue weighted by atomic mass is 10.1. The SMILES string of the molecule is Cc1ccnc(NC(C)Cc2ccc(F)cc2)c1. The molecule has 0 saturated carbocycles. The Morgan fingerprint density at radius 2 is 1.94 bits per heavy atom. The standard InChI is InChI=1S/C15H17FN2/c1-11-7-8-17-15(9-11)18-12(2)10-13-3-5-14(16)6-4-13/h3-9,12H,10H2,1-2H3,(H,17,18). The molecule has 0 bridgehead atoms. The van der Waals surface area contributed by atoms with Gasteiger partial charge in [0.05, 0.1) is 0 Å². The summed E-state index contributed by atoms with van der Waals surface area (Å²) in [6, 6.07) is 10.9. The van der Waals surface area contributed by atoms with Crippen LogP contribution in [0.1, 0.15) is 18.1 Å². The molecular weight excluding hydrogens is 227 g/mol. The van der Waals surface area contributed by atoms with Gasteiger partial charge in [-0.05, 0) is 55.7 Å². The van der Waals surface area contributed by atoms with Gasteiger partial charge in [-0.2, -0.15) is 0 Å². The average Bonchev–Trinajstić information content (AvgIpc) is 2.32. The maximum Gasteiger partial charge on any atom is 0.126 e.